The third-order valence-corrected chi connectivity index (χ3v) is 6.58. The number of para-hydroxylation sites is 1. The highest BCUT2D eigenvalue weighted by atomic mass is 35.5. The number of carbonyl (C=O) groups is 1. The van der Waals surface area contributed by atoms with E-state index >= 15 is 0 Å². The molecule has 1 aromatic heterocycles. The zero-order chi connectivity index (χ0) is 22.7. The first kappa shape index (κ1) is 22.2. The average molecular weight is 468 g/mol. The van der Waals surface area contributed by atoms with Gasteiger partial charge in [-0.1, -0.05) is 66.2 Å². The first-order valence-electron chi connectivity index (χ1n) is 10.0. The molecule has 4 aromatic rings. The summed E-state index contributed by atoms with van der Waals surface area (Å²) in [6.45, 7) is 0.517. The molecule has 6 nitrogen and oxygen atoms in total. The maximum absolute atomic E-state index is 13.5. The molecular formula is C24H22ClN3O3S. The molecule has 0 spiro atoms. The number of H-pyrrole nitrogens is 1. The van der Waals surface area contributed by atoms with E-state index < -0.39 is 16.1 Å². The second-order valence-corrected chi connectivity index (χ2v) is 9.43. The zero-order valence-electron chi connectivity index (χ0n) is 17.1. The molecule has 3 aromatic carbocycles. The highest BCUT2D eigenvalue weighted by Gasteiger charge is 2.24. The van der Waals surface area contributed by atoms with Crippen molar-refractivity contribution >= 4 is 38.3 Å². The third-order valence-electron chi connectivity index (χ3n) is 5.34. The Balaban J connectivity index is 1.55. The van der Waals surface area contributed by atoms with Crippen molar-refractivity contribution in [2.75, 3.05) is 6.54 Å². The van der Waals surface area contributed by atoms with Gasteiger partial charge < -0.3 is 10.3 Å². The lowest BCUT2D eigenvalue weighted by Gasteiger charge is -2.18. The number of primary sulfonamides is 1. The molecule has 0 unspecified atom stereocenters. The van der Waals surface area contributed by atoms with Crippen LogP contribution in [0.1, 0.15) is 27.5 Å². The molecule has 0 aliphatic rings. The molecule has 8 heteroatoms. The lowest BCUT2D eigenvalue weighted by molar-refractivity contribution is 0.0945. The first-order valence-corrected chi connectivity index (χ1v) is 12.0. The molecule has 32 heavy (non-hydrogen) atoms. The quantitative estimate of drug-likeness (QED) is 0.337. The summed E-state index contributed by atoms with van der Waals surface area (Å²) < 4.78 is 22.8. The van der Waals surface area contributed by atoms with Crippen LogP contribution in [0.5, 0.6) is 0 Å². The number of carbonyl (C=O) groups excluding carboxylic acids is 1. The van der Waals surface area contributed by atoms with Crippen molar-refractivity contribution in [1.29, 1.82) is 0 Å². The van der Waals surface area contributed by atoms with Crippen molar-refractivity contribution in [2.45, 2.75) is 17.4 Å². The van der Waals surface area contributed by atoms with Gasteiger partial charge in [-0.05, 0) is 35.7 Å². The highest BCUT2D eigenvalue weighted by molar-refractivity contribution is 7.89. The summed E-state index contributed by atoms with van der Waals surface area (Å²) in [5.74, 6) is -0.0608. The van der Waals surface area contributed by atoms with E-state index in [1.807, 2.05) is 42.5 Å². The van der Waals surface area contributed by atoms with Crippen LogP contribution in [0.25, 0.3) is 10.9 Å². The van der Waals surface area contributed by atoms with Gasteiger partial charge >= 0.3 is 0 Å². The number of nitrogens with one attached hydrogen (secondary N) is 2. The van der Waals surface area contributed by atoms with Crippen molar-refractivity contribution in [3.05, 3.63) is 101 Å². The van der Waals surface area contributed by atoms with Gasteiger partial charge in [0.05, 0.1) is 21.5 Å². The fraction of sp³-hybridized carbons (Fsp3) is 0.125. The number of hydrogen-bond acceptors (Lipinski definition) is 4. The summed E-state index contributed by atoms with van der Waals surface area (Å²) >= 11 is 6.26. The number of sulfonamides is 1. The van der Waals surface area contributed by atoms with Gasteiger partial charge in [0.2, 0.25) is 10.0 Å². The first-order chi connectivity index (χ1) is 15.3. The molecule has 0 saturated heterocycles. The van der Waals surface area contributed by atoms with Crippen LogP contribution in [0.4, 0.5) is 0 Å². The third kappa shape index (κ3) is 4.76. The van der Waals surface area contributed by atoms with Gasteiger partial charge in [0.1, 0.15) is 0 Å². The summed E-state index contributed by atoms with van der Waals surface area (Å²) in [6.07, 6.45) is 2.31. The minimum absolute atomic E-state index is 0.0608. The van der Waals surface area contributed by atoms with Crippen LogP contribution in [0.2, 0.25) is 5.02 Å². The number of hydrogen-bond donors (Lipinski definition) is 3. The number of aromatic amines is 1. The molecule has 4 rings (SSSR count). The summed E-state index contributed by atoms with van der Waals surface area (Å²) in [5, 5.41) is 9.85. The Labute approximate surface area is 191 Å². The molecule has 0 radical (unpaired) electrons. The maximum atomic E-state index is 13.5. The Bertz CT molecular complexity index is 1350. The van der Waals surface area contributed by atoms with Gasteiger partial charge in [0, 0.05) is 23.7 Å². The lowest BCUT2D eigenvalue weighted by Crippen LogP contribution is -2.30. The molecule has 0 bridgehead atoms. The summed E-state index contributed by atoms with van der Waals surface area (Å²) in [6, 6.07) is 20.9. The smallest absolute Gasteiger partial charge is 0.238 e. The number of Topliss-reactive ketones (excluding diaryl/α,β-unsaturated/α-hetero) is 1. The predicted molar refractivity (Wildman–Crippen MR) is 126 cm³/mol. The molecule has 0 saturated carbocycles. The lowest BCUT2D eigenvalue weighted by atomic mass is 9.96. The van der Waals surface area contributed by atoms with Crippen molar-refractivity contribution in [1.82, 2.24) is 10.3 Å². The largest absolute Gasteiger partial charge is 0.359 e. The molecule has 1 atom stereocenters. The molecule has 4 N–H and O–H groups in total. The van der Waals surface area contributed by atoms with Crippen LogP contribution in [0, 0.1) is 0 Å². The van der Waals surface area contributed by atoms with E-state index in [9.17, 15) is 13.2 Å². The van der Waals surface area contributed by atoms with Crippen LogP contribution < -0.4 is 10.5 Å². The number of benzene rings is 3. The SMILES string of the molecule is NS(=O)(=O)c1ccc(CCN[C@@H](C(=O)c2c[nH]c3c(Cl)cccc23)c2ccccc2)cc1. The predicted octanol–water partition coefficient (Wildman–Crippen LogP) is 4.23. The number of aromatic nitrogens is 1. The number of halogens is 1. The molecule has 0 amide bonds. The summed E-state index contributed by atoms with van der Waals surface area (Å²) in [4.78, 5) is 16.7. The fourth-order valence-corrected chi connectivity index (χ4v) is 4.44. The molecule has 0 aliphatic carbocycles. The van der Waals surface area contributed by atoms with Crippen LogP contribution in [0.3, 0.4) is 0 Å². The van der Waals surface area contributed by atoms with E-state index in [2.05, 4.69) is 10.3 Å². The van der Waals surface area contributed by atoms with Crippen molar-refractivity contribution < 1.29 is 13.2 Å². The monoisotopic (exact) mass is 467 g/mol. The molecule has 164 valence electrons. The van der Waals surface area contributed by atoms with Gasteiger partial charge in [0.25, 0.3) is 0 Å². The van der Waals surface area contributed by atoms with Crippen LogP contribution in [-0.4, -0.2) is 25.7 Å². The number of ketones is 1. The van der Waals surface area contributed by atoms with E-state index in [-0.39, 0.29) is 10.7 Å². The molecular weight excluding hydrogens is 446 g/mol. The van der Waals surface area contributed by atoms with E-state index in [4.69, 9.17) is 16.7 Å². The molecule has 0 fully saturated rings. The van der Waals surface area contributed by atoms with Crippen LogP contribution >= 0.6 is 11.6 Å². The maximum Gasteiger partial charge on any atom is 0.238 e. The van der Waals surface area contributed by atoms with E-state index in [1.165, 1.54) is 12.1 Å². The van der Waals surface area contributed by atoms with Crippen LogP contribution in [-0.2, 0) is 16.4 Å². The average Bonchev–Trinajstić information content (AvgIpc) is 3.22. The minimum Gasteiger partial charge on any atom is -0.359 e. The van der Waals surface area contributed by atoms with Gasteiger partial charge in [-0.15, -0.1) is 0 Å². The van der Waals surface area contributed by atoms with Gasteiger partial charge in [-0.2, -0.15) is 0 Å². The summed E-state index contributed by atoms with van der Waals surface area (Å²) in [5.41, 5.74) is 3.10. The van der Waals surface area contributed by atoms with Crippen molar-refractivity contribution in [3.63, 3.8) is 0 Å². The van der Waals surface area contributed by atoms with E-state index in [0.717, 1.165) is 22.0 Å². The molecule has 0 aliphatic heterocycles. The second-order valence-electron chi connectivity index (χ2n) is 7.47. The summed E-state index contributed by atoms with van der Waals surface area (Å²) in [7, 11) is -3.72. The second kappa shape index (κ2) is 9.26. The topological polar surface area (TPSA) is 105 Å². The Hall–Kier alpha value is -2.97. The van der Waals surface area contributed by atoms with Crippen molar-refractivity contribution in [2.24, 2.45) is 5.14 Å². The zero-order valence-corrected chi connectivity index (χ0v) is 18.7. The number of fused-ring (bicyclic) bond motifs is 1. The standard InChI is InChI=1S/C24H22ClN3O3S/c25-21-8-4-7-19-20(15-28-23(19)21)24(29)22(17-5-2-1-3-6-17)27-14-13-16-9-11-18(12-10-16)32(26,30)31/h1-12,15,22,27-28H,13-14H2,(H2,26,30,31)/t22-/m1/s1. The Kier molecular flexibility index (Phi) is 6.43. The number of nitrogens with two attached hydrogens (primary N) is 1. The van der Waals surface area contributed by atoms with Crippen LogP contribution in [0.15, 0.2) is 83.9 Å². The van der Waals surface area contributed by atoms with Gasteiger partial charge in [-0.25, -0.2) is 13.6 Å². The Morgan fingerprint density at radius 1 is 1.00 bits per heavy atom. The Morgan fingerprint density at radius 3 is 2.41 bits per heavy atom. The number of rotatable bonds is 8. The van der Waals surface area contributed by atoms with E-state index in [1.54, 1.807) is 24.4 Å². The fourth-order valence-electron chi connectivity index (χ4n) is 3.69. The minimum atomic E-state index is -3.72. The molecule has 1 heterocycles. The van der Waals surface area contributed by atoms with Gasteiger partial charge in [-0.3, -0.25) is 4.79 Å². The highest BCUT2D eigenvalue weighted by Crippen LogP contribution is 2.28. The van der Waals surface area contributed by atoms with Crippen molar-refractivity contribution in [3.8, 4) is 0 Å². The van der Waals surface area contributed by atoms with E-state index in [0.29, 0.717) is 23.6 Å². The Morgan fingerprint density at radius 2 is 1.72 bits per heavy atom. The normalized spacial score (nSPS) is 12.7. The van der Waals surface area contributed by atoms with Gasteiger partial charge in [0.15, 0.2) is 5.78 Å².